The largest absolute Gasteiger partial charge is 1.00 e. The molecule has 1 atom stereocenters. The number of fused-ring (bicyclic) bond motifs is 6. The molecule has 4 aromatic rings. The fourth-order valence-electron chi connectivity index (χ4n) is 7.24. The molecule has 0 saturated carbocycles. The van der Waals surface area contributed by atoms with Gasteiger partial charge in [-0.15, -0.1) is 0 Å². The van der Waals surface area contributed by atoms with Gasteiger partial charge in [-0.3, -0.25) is 0 Å². The van der Waals surface area contributed by atoms with Gasteiger partial charge in [-0.1, -0.05) is 0 Å². The Morgan fingerprint density at radius 3 is 1.90 bits per heavy atom. The Bertz CT molecular complexity index is 1580. The molecule has 1 nitrogen and oxygen atoms in total. The van der Waals surface area contributed by atoms with Crippen LogP contribution in [-0.4, -0.2) is 20.8 Å². The Morgan fingerprint density at radius 1 is 0.829 bits per heavy atom. The van der Waals surface area contributed by atoms with Crippen LogP contribution in [0.25, 0.3) is 22.3 Å². The molecule has 0 amide bonds. The summed E-state index contributed by atoms with van der Waals surface area (Å²) in [7, 11) is -3.00. The number of rotatable bonds is 6. The molecule has 0 heterocycles. The van der Waals surface area contributed by atoms with Crippen molar-refractivity contribution in [3.63, 3.8) is 0 Å². The van der Waals surface area contributed by atoms with Gasteiger partial charge >= 0.3 is 250 Å². The average Bonchev–Trinajstić information content (AvgIpc) is 3.41. The summed E-state index contributed by atoms with van der Waals surface area (Å²) in [6.45, 7) is 16.7. The van der Waals surface area contributed by atoms with Crippen molar-refractivity contribution in [2.24, 2.45) is 0 Å². The average molecular weight is 694 g/mol. The van der Waals surface area contributed by atoms with Crippen LogP contribution in [0.15, 0.2) is 78.9 Å². The normalized spacial score (nSPS) is 14.8. The molecule has 6 rings (SSSR count). The number of hydrogen-bond donors (Lipinski definition) is 0. The van der Waals surface area contributed by atoms with Crippen molar-refractivity contribution in [1.82, 2.24) is 0 Å². The number of hydrogen-bond acceptors (Lipinski definition) is 1. The monoisotopic (exact) mass is 691 g/mol. The molecular weight excluding hydrogens is 655 g/mol. The van der Waals surface area contributed by atoms with E-state index in [2.05, 4.69) is 129 Å². The third kappa shape index (κ3) is 5.32. The van der Waals surface area contributed by atoms with E-state index in [4.69, 9.17) is 4.43 Å². The van der Waals surface area contributed by atoms with Gasteiger partial charge in [0.2, 0.25) is 0 Å². The summed E-state index contributed by atoms with van der Waals surface area (Å²) in [6.07, 6.45) is 1.13. The van der Waals surface area contributed by atoms with Crippen LogP contribution in [0, 0.1) is 0 Å². The SMILES string of the molecule is C[CH]=[Zr+2][C]1(c2c3c(cc(C(C)O[Si](C)(C)C)c2[SiH](C)C)-c2ccccc2C3)c2ccccc2-c2ccccc21.[Cl-].[Cl-]. The molecule has 0 bridgehead atoms. The quantitative estimate of drug-likeness (QED) is 0.248. The van der Waals surface area contributed by atoms with Crippen LogP contribution in [0.3, 0.4) is 0 Å². The van der Waals surface area contributed by atoms with E-state index in [9.17, 15) is 0 Å². The fraction of sp³-hybridized carbons (Fsp3) is 0.286. The zero-order valence-corrected chi connectivity index (χ0v) is 31.2. The first-order chi connectivity index (χ1) is 18.7. The van der Waals surface area contributed by atoms with Crippen molar-refractivity contribution in [2.45, 2.75) is 62.2 Å². The van der Waals surface area contributed by atoms with Crippen LogP contribution in [0.5, 0.6) is 0 Å². The Balaban J connectivity index is 0.00000194. The molecule has 0 spiro atoms. The Kier molecular flexibility index (Phi) is 9.76. The summed E-state index contributed by atoms with van der Waals surface area (Å²) >= 11 is -1.07. The van der Waals surface area contributed by atoms with Crippen molar-refractivity contribution in [1.29, 1.82) is 0 Å². The molecule has 4 aromatic carbocycles. The van der Waals surface area contributed by atoms with Gasteiger partial charge < -0.3 is 24.8 Å². The van der Waals surface area contributed by atoms with Gasteiger partial charge in [0, 0.05) is 0 Å². The number of benzene rings is 4. The molecule has 1 unspecified atom stereocenters. The van der Waals surface area contributed by atoms with Crippen molar-refractivity contribution >= 4 is 26.0 Å². The van der Waals surface area contributed by atoms with Gasteiger partial charge in [0.25, 0.3) is 0 Å². The van der Waals surface area contributed by atoms with Gasteiger partial charge in [-0.25, -0.2) is 0 Å². The molecule has 2 aliphatic carbocycles. The van der Waals surface area contributed by atoms with E-state index in [1.807, 2.05) is 0 Å². The molecule has 0 aromatic heterocycles. The summed E-state index contributed by atoms with van der Waals surface area (Å²) < 4.78 is 9.43. The van der Waals surface area contributed by atoms with Crippen LogP contribution in [-0.2, 0) is 36.7 Å². The van der Waals surface area contributed by atoms with Crippen molar-refractivity contribution in [3.8, 4) is 22.3 Å². The molecule has 2 aliphatic rings. The van der Waals surface area contributed by atoms with E-state index >= 15 is 0 Å². The minimum absolute atomic E-state index is 0. The first-order valence-electron chi connectivity index (χ1n) is 14.4. The van der Waals surface area contributed by atoms with Gasteiger partial charge in [0.05, 0.1) is 0 Å². The van der Waals surface area contributed by atoms with Gasteiger partial charge in [-0.05, 0) is 0 Å². The standard InChI is InChI=1S/C33H35OSi2.C2H4.2ClH.Zr/c1-21(34-36(4,5)6)28-20-29-23-14-8-7-13-22(23)19-30(29)32(33(28)35(2)3)31-26-17-11-9-15-24(26)25-16-10-12-18-27(25)31;1-2;;;/h7-18,20-21,35H,19H2,1-6H3;1H,2H3;2*1H;/q;;;;+2/p-2. The Hall–Kier alpha value is -1.39. The first kappa shape index (κ1) is 32.5. The van der Waals surface area contributed by atoms with E-state index in [-0.39, 0.29) is 34.0 Å². The Morgan fingerprint density at radius 2 is 1.37 bits per heavy atom. The fourth-order valence-corrected chi connectivity index (χ4v) is 14.7. The van der Waals surface area contributed by atoms with Gasteiger partial charge in [0.1, 0.15) is 0 Å². The van der Waals surface area contributed by atoms with E-state index in [1.54, 1.807) is 27.4 Å². The van der Waals surface area contributed by atoms with Crippen molar-refractivity contribution < 1.29 is 52.0 Å². The molecule has 0 saturated heterocycles. The van der Waals surface area contributed by atoms with E-state index < -0.39 is 39.9 Å². The van der Waals surface area contributed by atoms with Gasteiger partial charge in [0.15, 0.2) is 0 Å². The minimum atomic E-state index is -1.74. The maximum Gasteiger partial charge on any atom is -1.00 e. The molecule has 41 heavy (non-hydrogen) atoms. The summed E-state index contributed by atoms with van der Waals surface area (Å²) in [5.41, 5.74) is 15.0. The van der Waals surface area contributed by atoms with Gasteiger partial charge in [-0.2, -0.15) is 0 Å². The van der Waals surface area contributed by atoms with Crippen LogP contribution in [0.2, 0.25) is 32.7 Å². The minimum Gasteiger partial charge on any atom is -1.00 e. The third-order valence-electron chi connectivity index (χ3n) is 8.42. The molecule has 0 N–H and O–H groups in total. The zero-order valence-electron chi connectivity index (χ0n) is 25.1. The second-order valence-electron chi connectivity index (χ2n) is 12.4. The summed E-state index contributed by atoms with van der Waals surface area (Å²) in [4.78, 5) is 0. The summed E-state index contributed by atoms with van der Waals surface area (Å²) in [5.74, 6) is 0. The van der Waals surface area contributed by atoms with E-state index in [1.165, 1.54) is 33.4 Å². The van der Waals surface area contributed by atoms with Crippen molar-refractivity contribution in [2.75, 3.05) is 0 Å². The smallest absolute Gasteiger partial charge is 1.00 e. The maximum absolute atomic E-state index is 6.88. The van der Waals surface area contributed by atoms with E-state index in [0.717, 1.165) is 6.42 Å². The van der Waals surface area contributed by atoms with Crippen LogP contribution >= 0.6 is 0 Å². The molecule has 0 aliphatic heterocycles. The van der Waals surface area contributed by atoms with Crippen LogP contribution < -0.4 is 30.0 Å². The van der Waals surface area contributed by atoms with E-state index in [0.29, 0.717) is 0 Å². The summed E-state index contributed by atoms with van der Waals surface area (Å²) in [6, 6.07) is 30.3. The second kappa shape index (κ2) is 12.3. The third-order valence-corrected chi connectivity index (χ3v) is 15.0. The zero-order chi connectivity index (χ0) is 27.5. The van der Waals surface area contributed by atoms with Crippen LogP contribution in [0.4, 0.5) is 0 Å². The topological polar surface area (TPSA) is 9.23 Å². The second-order valence-corrected chi connectivity index (χ2v) is 23.7. The molecule has 0 radical (unpaired) electrons. The molecule has 6 heteroatoms. The first-order valence-corrected chi connectivity index (χ1v) is 23.3. The maximum atomic E-state index is 6.88. The number of halogens is 2. The van der Waals surface area contributed by atoms with Crippen molar-refractivity contribution in [3.05, 3.63) is 112 Å². The Labute approximate surface area is 272 Å². The predicted molar refractivity (Wildman–Crippen MR) is 170 cm³/mol. The molecular formula is C35H39Cl2OSi2Zr. The van der Waals surface area contributed by atoms with Crippen LogP contribution in [0.1, 0.15) is 53.3 Å². The summed E-state index contributed by atoms with van der Waals surface area (Å²) in [5, 5.41) is 1.67. The molecule has 211 valence electrons. The molecule has 0 fully saturated rings. The predicted octanol–water partition coefficient (Wildman–Crippen LogP) is 2.05.